The summed E-state index contributed by atoms with van der Waals surface area (Å²) in [4.78, 5) is 14.5. The summed E-state index contributed by atoms with van der Waals surface area (Å²) in [5.74, 6) is 0.746. The average molecular weight is 281 g/mol. The lowest BCUT2D eigenvalue weighted by Crippen LogP contribution is -2.55. The Hall–Kier alpha value is -1.33. The number of rotatable bonds is 4. The molecule has 0 saturated carbocycles. The lowest BCUT2D eigenvalue weighted by atomic mass is 10.0. The maximum Gasteiger partial charge on any atom is 0.257 e. The van der Waals surface area contributed by atoms with Crippen molar-refractivity contribution in [2.45, 2.75) is 38.9 Å². The molecule has 5 heteroatoms. The molecular formula is C15H23NO4. The summed E-state index contributed by atoms with van der Waals surface area (Å²) in [6.45, 7) is 7.56. The number of amides is 1. The van der Waals surface area contributed by atoms with E-state index in [0.717, 1.165) is 5.76 Å². The summed E-state index contributed by atoms with van der Waals surface area (Å²) in [5, 5.41) is 0. The first-order chi connectivity index (χ1) is 9.46. The van der Waals surface area contributed by atoms with Gasteiger partial charge in [0.25, 0.3) is 5.91 Å². The Labute approximate surface area is 119 Å². The predicted molar refractivity (Wildman–Crippen MR) is 74.8 cm³/mol. The summed E-state index contributed by atoms with van der Waals surface area (Å²) in [6.07, 6.45) is 2.19. The first kappa shape index (κ1) is 15.1. The molecule has 0 aromatic carbocycles. The number of carbonyl (C=O) groups is 1. The lowest BCUT2D eigenvalue weighted by molar-refractivity contribution is -0.143. The van der Waals surface area contributed by atoms with Gasteiger partial charge in [-0.2, -0.15) is 0 Å². The van der Waals surface area contributed by atoms with Gasteiger partial charge in [-0.3, -0.25) is 4.79 Å². The minimum atomic E-state index is -0.368. The van der Waals surface area contributed by atoms with Crippen molar-refractivity contribution in [1.82, 2.24) is 4.90 Å². The molecule has 0 aliphatic carbocycles. The van der Waals surface area contributed by atoms with Gasteiger partial charge in [0.1, 0.15) is 5.76 Å². The molecule has 0 unspecified atom stereocenters. The van der Waals surface area contributed by atoms with E-state index in [1.54, 1.807) is 19.4 Å². The fraction of sp³-hybridized carbons (Fsp3) is 0.667. The molecule has 1 aromatic heterocycles. The van der Waals surface area contributed by atoms with Crippen molar-refractivity contribution in [1.29, 1.82) is 0 Å². The highest BCUT2D eigenvalue weighted by molar-refractivity contribution is 5.95. The first-order valence-electron chi connectivity index (χ1n) is 6.99. The Morgan fingerprint density at radius 3 is 2.95 bits per heavy atom. The predicted octanol–water partition coefficient (Wildman–Crippen LogP) is 2.11. The molecular weight excluding hydrogens is 258 g/mol. The van der Waals surface area contributed by atoms with Gasteiger partial charge in [0.15, 0.2) is 0 Å². The van der Waals surface area contributed by atoms with Crippen LogP contribution >= 0.6 is 0 Å². The lowest BCUT2D eigenvalue weighted by Gasteiger charge is -2.42. The maximum atomic E-state index is 12.6. The number of hydrogen-bond acceptors (Lipinski definition) is 4. The molecule has 1 amide bonds. The van der Waals surface area contributed by atoms with Gasteiger partial charge in [-0.15, -0.1) is 0 Å². The number of hydrogen-bond donors (Lipinski definition) is 0. The Morgan fingerprint density at radius 2 is 2.30 bits per heavy atom. The van der Waals surface area contributed by atoms with Crippen LogP contribution in [0.2, 0.25) is 0 Å². The van der Waals surface area contributed by atoms with Crippen LogP contribution in [0, 0.1) is 0 Å². The zero-order valence-corrected chi connectivity index (χ0v) is 12.6. The van der Waals surface area contributed by atoms with Crippen LogP contribution in [0.1, 0.15) is 36.9 Å². The van der Waals surface area contributed by atoms with E-state index in [1.807, 2.05) is 25.7 Å². The van der Waals surface area contributed by atoms with Gasteiger partial charge in [0.05, 0.1) is 30.1 Å². The van der Waals surface area contributed by atoms with E-state index in [9.17, 15) is 4.79 Å². The SMILES string of the molecule is CCc1occc1C(=O)N1C[C@@H](COC)OC(C)(C)C1. The van der Waals surface area contributed by atoms with Crippen molar-refractivity contribution < 1.29 is 18.7 Å². The summed E-state index contributed by atoms with van der Waals surface area (Å²) >= 11 is 0. The Kier molecular flexibility index (Phi) is 4.50. The number of furan rings is 1. The molecule has 112 valence electrons. The monoisotopic (exact) mass is 281 g/mol. The molecule has 1 atom stereocenters. The molecule has 0 spiro atoms. The summed E-state index contributed by atoms with van der Waals surface area (Å²) in [5.41, 5.74) is 0.286. The van der Waals surface area contributed by atoms with E-state index in [0.29, 0.717) is 31.7 Å². The number of aryl methyl sites for hydroxylation is 1. The second-order valence-corrected chi connectivity index (χ2v) is 5.75. The summed E-state index contributed by atoms with van der Waals surface area (Å²) < 4.78 is 16.4. The first-order valence-corrected chi connectivity index (χ1v) is 6.99. The Bertz CT molecular complexity index is 466. The third-order valence-electron chi connectivity index (χ3n) is 3.42. The van der Waals surface area contributed by atoms with Crippen LogP contribution in [0.15, 0.2) is 16.7 Å². The van der Waals surface area contributed by atoms with Crippen LogP contribution in [0.4, 0.5) is 0 Å². The molecule has 2 heterocycles. The third kappa shape index (κ3) is 3.22. The molecule has 5 nitrogen and oxygen atoms in total. The zero-order chi connectivity index (χ0) is 14.8. The van der Waals surface area contributed by atoms with E-state index in [4.69, 9.17) is 13.9 Å². The van der Waals surface area contributed by atoms with Gasteiger partial charge >= 0.3 is 0 Å². The second-order valence-electron chi connectivity index (χ2n) is 5.75. The molecule has 0 bridgehead atoms. The van der Waals surface area contributed by atoms with Crippen LogP contribution in [0.5, 0.6) is 0 Å². The quantitative estimate of drug-likeness (QED) is 0.848. The number of nitrogens with zero attached hydrogens (tertiary/aromatic N) is 1. The van der Waals surface area contributed by atoms with Crippen molar-refractivity contribution in [3.63, 3.8) is 0 Å². The Morgan fingerprint density at radius 1 is 1.55 bits per heavy atom. The van der Waals surface area contributed by atoms with Crippen LogP contribution in [0.3, 0.4) is 0 Å². The van der Waals surface area contributed by atoms with Gasteiger partial charge in [0, 0.05) is 26.6 Å². The average Bonchev–Trinajstić information content (AvgIpc) is 2.84. The van der Waals surface area contributed by atoms with Gasteiger partial charge < -0.3 is 18.8 Å². The molecule has 0 N–H and O–H groups in total. The minimum Gasteiger partial charge on any atom is -0.469 e. The normalized spacial score (nSPS) is 22.0. The minimum absolute atomic E-state index is 0.00748. The highest BCUT2D eigenvalue weighted by Crippen LogP contribution is 2.24. The molecule has 1 aliphatic rings. The topological polar surface area (TPSA) is 51.9 Å². The largest absolute Gasteiger partial charge is 0.469 e. The van der Waals surface area contributed by atoms with E-state index < -0.39 is 0 Å². The van der Waals surface area contributed by atoms with E-state index in [1.165, 1.54) is 0 Å². The molecule has 1 fully saturated rings. The van der Waals surface area contributed by atoms with Crippen molar-refractivity contribution >= 4 is 5.91 Å². The molecule has 20 heavy (non-hydrogen) atoms. The van der Waals surface area contributed by atoms with Crippen molar-refractivity contribution in [3.8, 4) is 0 Å². The van der Waals surface area contributed by atoms with Crippen molar-refractivity contribution in [2.24, 2.45) is 0 Å². The van der Waals surface area contributed by atoms with Gasteiger partial charge in [-0.05, 0) is 19.9 Å². The van der Waals surface area contributed by atoms with Crippen molar-refractivity contribution in [2.75, 3.05) is 26.8 Å². The summed E-state index contributed by atoms with van der Waals surface area (Å²) in [6, 6.07) is 1.74. The number of methoxy groups -OCH3 is 1. The zero-order valence-electron chi connectivity index (χ0n) is 12.6. The number of carbonyl (C=O) groups excluding carboxylic acids is 1. The van der Waals surface area contributed by atoms with Crippen LogP contribution in [-0.2, 0) is 15.9 Å². The van der Waals surface area contributed by atoms with E-state index in [2.05, 4.69) is 0 Å². The van der Waals surface area contributed by atoms with Gasteiger partial charge in [-0.1, -0.05) is 6.92 Å². The molecule has 1 aliphatic heterocycles. The van der Waals surface area contributed by atoms with E-state index >= 15 is 0 Å². The van der Waals surface area contributed by atoms with Gasteiger partial charge in [0.2, 0.25) is 0 Å². The van der Waals surface area contributed by atoms with Crippen LogP contribution in [0.25, 0.3) is 0 Å². The van der Waals surface area contributed by atoms with Gasteiger partial charge in [-0.25, -0.2) is 0 Å². The number of morpholine rings is 1. The number of ether oxygens (including phenoxy) is 2. The smallest absolute Gasteiger partial charge is 0.257 e. The van der Waals surface area contributed by atoms with E-state index in [-0.39, 0.29) is 17.6 Å². The van der Waals surface area contributed by atoms with Crippen LogP contribution in [-0.4, -0.2) is 49.3 Å². The standard InChI is InChI=1S/C15H23NO4/c1-5-13-12(6-7-19-13)14(17)16-8-11(9-18-4)20-15(2,3)10-16/h6-7,11H,5,8-10H2,1-4H3/t11-/m0/s1. The Balaban J connectivity index is 2.16. The molecule has 2 rings (SSSR count). The summed E-state index contributed by atoms with van der Waals surface area (Å²) in [7, 11) is 1.64. The van der Waals surface area contributed by atoms with Crippen LogP contribution < -0.4 is 0 Å². The second kappa shape index (κ2) is 5.97. The third-order valence-corrected chi connectivity index (χ3v) is 3.42. The fourth-order valence-electron chi connectivity index (χ4n) is 2.70. The van der Waals surface area contributed by atoms with Crippen molar-refractivity contribution in [3.05, 3.63) is 23.7 Å². The highest BCUT2D eigenvalue weighted by Gasteiger charge is 2.36. The molecule has 1 aromatic rings. The highest BCUT2D eigenvalue weighted by atomic mass is 16.5. The fourth-order valence-corrected chi connectivity index (χ4v) is 2.70. The maximum absolute atomic E-state index is 12.6. The molecule has 1 saturated heterocycles. The molecule has 0 radical (unpaired) electrons.